The van der Waals surface area contributed by atoms with E-state index in [1.54, 1.807) is 48.6 Å². The van der Waals surface area contributed by atoms with Crippen LogP contribution in [0.15, 0.2) is 72.8 Å². The van der Waals surface area contributed by atoms with Crippen LogP contribution in [0.3, 0.4) is 0 Å². The van der Waals surface area contributed by atoms with Gasteiger partial charge in [0.25, 0.3) is 5.91 Å². The van der Waals surface area contributed by atoms with Gasteiger partial charge in [0.2, 0.25) is 5.91 Å². The molecule has 0 saturated carbocycles. The highest BCUT2D eigenvalue weighted by Crippen LogP contribution is 2.48. The average Bonchev–Trinajstić information content (AvgIpc) is 3.35. The second-order valence-corrected chi connectivity index (χ2v) is 8.93. The van der Waals surface area contributed by atoms with Crippen molar-refractivity contribution in [2.24, 2.45) is 5.92 Å². The number of benzene rings is 3. The number of carbonyl (C=O) groups is 2. The predicted octanol–water partition coefficient (Wildman–Crippen LogP) is 4.47. The minimum absolute atomic E-state index is 0.293. The molecular weight excluding hydrogens is 454 g/mol. The fourth-order valence-electron chi connectivity index (χ4n) is 4.52. The van der Waals surface area contributed by atoms with Gasteiger partial charge < -0.3 is 9.64 Å². The summed E-state index contributed by atoms with van der Waals surface area (Å²) >= 11 is 6.08. The van der Waals surface area contributed by atoms with E-state index in [-0.39, 0.29) is 11.8 Å². The summed E-state index contributed by atoms with van der Waals surface area (Å²) in [4.78, 5) is 36.5. The fourth-order valence-corrected chi connectivity index (χ4v) is 4.65. The highest BCUT2D eigenvalue weighted by Gasteiger charge is 2.60. The van der Waals surface area contributed by atoms with Gasteiger partial charge >= 0.3 is 0 Å². The summed E-state index contributed by atoms with van der Waals surface area (Å²) < 4.78 is 5.20. The quantitative estimate of drug-likeness (QED) is 0.505. The number of rotatable bonds is 5. The number of nitrogens with zero attached hydrogens (tertiary/aromatic N) is 3. The number of methoxy groups -OCH3 is 1. The van der Waals surface area contributed by atoms with Gasteiger partial charge in [0, 0.05) is 24.8 Å². The second kappa shape index (κ2) is 8.66. The molecule has 2 aliphatic heterocycles. The van der Waals surface area contributed by atoms with Crippen molar-refractivity contribution >= 4 is 40.5 Å². The van der Waals surface area contributed by atoms with Gasteiger partial charge in [-0.1, -0.05) is 23.7 Å². The van der Waals surface area contributed by atoms with Crippen molar-refractivity contribution in [3.8, 4) is 5.75 Å². The van der Waals surface area contributed by atoms with Crippen molar-refractivity contribution in [2.75, 3.05) is 36.1 Å². The van der Waals surface area contributed by atoms with Gasteiger partial charge in [-0.2, -0.15) is 0 Å². The first-order valence-corrected chi connectivity index (χ1v) is 11.3. The molecule has 3 aromatic carbocycles. The number of hydrogen-bond acceptors (Lipinski definition) is 6. The van der Waals surface area contributed by atoms with Crippen molar-refractivity contribution in [1.29, 1.82) is 0 Å². The molecule has 5 rings (SSSR count). The van der Waals surface area contributed by atoms with E-state index in [0.717, 1.165) is 16.9 Å². The topological polar surface area (TPSA) is 62.3 Å². The molecule has 2 amide bonds. The van der Waals surface area contributed by atoms with Crippen molar-refractivity contribution < 1.29 is 19.2 Å². The lowest BCUT2D eigenvalue weighted by atomic mass is 9.90. The Morgan fingerprint density at radius 3 is 2.06 bits per heavy atom. The third-order valence-electron chi connectivity index (χ3n) is 6.28. The molecule has 0 radical (unpaired) electrons. The molecule has 0 aromatic heterocycles. The standard InChI is InChI=1S/C26H24ClN3O4/c1-28(2)18-8-4-16(5-9-18)23-22-24(34-30(23)20-10-6-17(27)7-11-20)26(32)29(25(22)31)19-12-14-21(33-3)15-13-19/h4-15,22-24H,1-3H3/t22-,23-,24-/m0/s1. The molecule has 7 nitrogen and oxygen atoms in total. The van der Waals surface area contributed by atoms with Crippen LogP contribution in [-0.2, 0) is 14.4 Å². The first kappa shape index (κ1) is 22.3. The summed E-state index contributed by atoms with van der Waals surface area (Å²) in [5.41, 5.74) is 3.13. The molecular formula is C26H24ClN3O4. The lowest BCUT2D eigenvalue weighted by Gasteiger charge is -2.29. The van der Waals surface area contributed by atoms with Gasteiger partial charge in [0.1, 0.15) is 11.7 Å². The van der Waals surface area contributed by atoms with Crippen LogP contribution in [0.5, 0.6) is 5.75 Å². The van der Waals surface area contributed by atoms with Crippen LogP contribution < -0.4 is 19.6 Å². The Bertz CT molecular complexity index is 1210. The first-order chi connectivity index (χ1) is 16.4. The highest BCUT2D eigenvalue weighted by molar-refractivity contribution is 6.30. The van der Waals surface area contributed by atoms with E-state index >= 15 is 0 Å². The number of hydroxylamine groups is 1. The molecule has 2 fully saturated rings. The third kappa shape index (κ3) is 3.67. The number of hydrogen-bond donors (Lipinski definition) is 0. The Morgan fingerprint density at radius 1 is 0.853 bits per heavy atom. The molecule has 2 heterocycles. The third-order valence-corrected chi connectivity index (χ3v) is 6.53. The molecule has 8 heteroatoms. The van der Waals surface area contributed by atoms with Gasteiger partial charge in [-0.3, -0.25) is 14.4 Å². The zero-order valence-electron chi connectivity index (χ0n) is 19.0. The molecule has 3 aromatic rings. The highest BCUT2D eigenvalue weighted by atomic mass is 35.5. The molecule has 0 bridgehead atoms. The van der Waals surface area contributed by atoms with Crippen molar-refractivity contribution in [2.45, 2.75) is 12.1 Å². The van der Waals surface area contributed by atoms with Gasteiger partial charge in [-0.25, -0.2) is 9.96 Å². The van der Waals surface area contributed by atoms with E-state index in [1.165, 1.54) is 4.90 Å². The molecule has 34 heavy (non-hydrogen) atoms. The monoisotopic (exact) mass is 477 g/mol. The van der Waals surface area contributed by atoms with Gasteiger partial charge in [-0.15, -0.1) is 0 Å². The first-order valence-electron chi connectivity index (χ1n) is 10.9. The van der Waals surface area contributed by atoms with Crippen molar-refractivity contribution in [3.63, 3.8) is 0 Å². The normalized spacial score (nSPS) is 21.7. The van der Waals surface area contributed by atoms with Crippen molar-refractivity contribution in [1.82, 2.24) is 0 Å². The zero-order chi connectivity index (χ0) is 24.0. The van der Waals surface area contributed by atoms with Crippen LogP contribution in [0.2, 0.25) is 5.02 Å². The van der Waals surface area contributed by atoms with Crippen LogP contribution in [0, 0.1) is 5.92 Å². The predicted molar refractivity (Wildman–Crippen MR) is 131 cm³/mol. The number of amides is 2. The van der Waals surface area contributed by atoms with Gasteiger partial charge in [0.15, 0.2) is 6.10 Å². The van der Waals surface area contributed by atoms with E-state index in [1.807, 2.05) is 55.4 Å². The zero-order valence-corrected chi connectivity index (χ0v) is 19.8. The number of imide groups is 1. The Labute approximate surface area is 203 Å². The number of anilines is 3. The van der Waals surface area contributed by atoms with Crippen molar-refractivity contribution in [3.05, 3.63) is 83.4 Å². The van der Waals surface area contributed by atoms with Crippen LogP contribution >= 0.6 is 11.6 Å². The smallest absolute Gasteiger partial charge is 0.266 e. The molecule has 3 atom stereocenters. The molecule has 0 spiro atoms. The number of ether oxygens (including phenoxy) is 1. The summed E-state index contributed by atoms with van der Waals surface area (Å²) in [7, 11) is 5.50. The maximum Gasteiger partial charge on any atom is 0.266 e. The number of halogens is 1. The number of fused-ring (bicyclic) bond motifs is 1. The Morgan fingerprint density at radius 2 is 1.47 bits per heavy atom. The minimum atomic E-state index is -0.927. The van der Waals surface area contributed by atoms with Gasteiger partial charge in [-0.05, 0) is 66.2 Å². The van der Waals surface area contributed by atoms with Crippen LogP contribution in [0.1, 0.15) is 11.6 Å². The fraction of sp³-hybridized carbons (Fsp3) is 0.231. The van der Waals surface area contributed by atoms with E-state index in [2.05, 4.69) is 0 Å². The van der Waals surface area contributed by atoms with Crippen LogP contribution in [0.25, 0.3) is 0 Å². The summed E-state index contributed by atoms with van der Waals surface area (Å²) in [6.07, 6.45) is -0.927. The molecule has 0 N–H and O–H groups in total. The summed E-state index contributed by atoms with van der Waals surface area (Å²) in [5, 5.41) is 2.25. The van der Waals surface area contributed by atoms with E-state index in [4.69, 9.17) is 21.2 Å². The van der Waals surface area contributed by atoms with E-state index < -0.39 is 18.1 Å². The van der Waals surface area contributed by atoms with Gasteiger partial charge in [0.05, 0.1) is 24.5 Å². The van der Waals surface area contributed by atoms with Crippen LogP contribution in [0.4, 0.5) is 17.1 Å². The summed E-state index contributed by atoms with van der Waals surface area (Å²) in [5.74, 6) is -0.729. The lowest BCUT2D eigenvalue weighted by molar-refractivity contribution is -0.126. The van der Waals surface area contributed by atoms with E-state index in [9.17, 15) is 9.59 Å². The summed E-state index contributed by atoms with van der Waals surface area (Å²) in [6, 6.07) is 21.5. The maximum atomic E-state index is 13.7. The van der Waals surface area contributed by atoms with E-state index in [0.29, 0.717) is 16.5 Å². The number of carbonyl (C=O) groups excluding carboxylic acids is 2. The minimum Gasteiger partial charge on any atom is -0.497 e. The SMILES string of the molecule is COc1ccc(N2C(=O)[C@@H]3[C@H](ON(c4ccc(Cl)cc4)[C@H]3c3ccc(N(C)C)cc3)C2=O)cc1. The Balaban J connectivity index is 1.55. The largest absolute Gasteiger partial charge is 0.497 e. The molecule has 0 aliphatic carbocycles. The maximum absolute atomic E-state index is 13.7. The molecule has 2 saturated heterocycles. The Kier molecular flexibility index (Phi) is 5.67. The average molecular weight is 478 g/mol. The molecule has 0 unspecified atom stereocenters. The van der Waals surface area contributed by atoms with Crippen LogP contribution in [-0.4, -0.2) is 39.1 Å². The molecule has 174 valence electrons. The second-order valence-electron chi connectivity index (χ2n) is 8.49. The summed E-state index contributed by atoms with van der Waals surface area (Å²) in [6.45, 7) is 0. The Hall–Kier alpha value is -3.55. The lowest BCUT2D eigenvalue weighted by Crippen LogP contribution is -2.37. The molecule has 2 aliphatic rings.